The zero-order valence-corrected chi connectivity index (χ0v) is 15.2. The summed E-state index contributed by atoms with van der Waals surface area (Å²) in [6.45, 7) is 6.69. The summed E-state index contributed by atoms with van der Waals surface area (Å²) in [5.74, 6) is 0. The Bertz CT molecular complexity index is 557. The number of aryl methyl sites for hydroxylation is 3. The Morgan fingerprint density at radius 1 is 0.652 bits per heavy atom. The highest BCUT2D eigenvalue weighted by molar-refractivity contribution is 5.70. The molecule has 0 unspecified atom stereocenters. The Labute approximate surface area is 143 Å². The van der Waals surface area contributed by atoms with Crippen LogP contribution >= 0.6 is 0 Å². The Morgan fingerprint density at radius 2 is 1.22 bits per heavy atom. The van der Waals surface area contributed by atoms with E-state index in [2.05, 4.69) is 63.2 Å². The van der Waals surface area contributed by atoms with Crippen LogP contribution in [0.1, 0.15) is 68.6 Å². The summed E-state index contributed by atoms with van der Waals surface area (Å²) in [7, 11) is 0. The number of unbranched alkanes of at least 4 members (excludes halogenated alkanes) is 6. The van der Waals surface area contributed by atoms with E-state index >= 15 is 0 Å². The SMILES string of the molecule is CCCCCCCCCc1ccc(-c2c(C)cccc2C)cc1. The topological polar surface area (TPSA) is 0 Å². The van der Waals surface area contributed by atoms with Gasteiger partial charge in [-0.1, -0.05) is 87.9 Å². The van der Waals surface area contributed by atoms with Gasteiger partial charge in [0.2, 0.25) is 0 Å². The largest absolute Gasteiger partial charge is 0.0654 e. The lowest BCUT2D eigenvalue weighted by Crippen LogP contribution is -1.90. The van der Waals surface area contributed by atoms with Gasteiger partial charge >= 0.3 is 0 Å². The second-order valence-electron chi connectivity index (χ2n) is 6.84. The normalized spacial score (nSPS) is 10.9. The molecule has 0 saturated heterocycles. The first-order chi connectivity index (χ1) is 11.2. The molecule has 2 aromatic rings. The van der Waals surface area contributed by atoms with E-state index < -0.39 is 0 Å². The molecule has 23 heavy (non-hydrogen) atoms. The third kappa shape index (κ3) is 5.53. The highest BCUT2D eigenvalue weighted by Crippen LogP contribution is 2.27. The van der Waals surface area contributed by atoms with Crippen molar-refractivity contribution in [2.24, 2.45) is 0 Å². The lowest BCUT2D eigenvalue weighted by Gasteiger charge is -2.11. The molecule has 0 saturated carbocycles. The van der Waals surface area contributed by atoms with Gasteiger partial charge in [-0.2, -0.15) is 0 Å². The summed E-state index contributed by atoms with van der Waals surface area (Å²) in [6, 6.07) is 15.8. The highest BCUT2D eigenvalue weighted by Gasteiger charge is 2.05. The van der Waals surface area contributed by atoms with Gasteiger partial charge in [0.05, 0.1) is 0 Å². The van der Waals surface area contributed by atoms with Gasteiger partial charge < -0.3 is 0 Å². The molecule has 0 aliphatic rings. The first-order valence-electron chi connectivity index (χ1n) is 9.38. The second-order valence-corrected chi connectivity index (χ2v) is 6.84. The van der Waals surface area contributed by atoms with E-state index in [1.54, 1.807) is 0 Å². The highest BCUT2D eigenvalue weighted by atomic mass is 14.1. The van der Waals surface area contributed by atoms with Gasteiger partial charge in [-0.25, -0.2) is 0 Å². The van der Waals surface area contributed by atoms with E-state index in [-0.39, 0.29) is 0 Å². The Hall–Kier alpha value is -1.56. The molecule has 0 aliphatic heterocycles. The molecular weight excluding hydrogens is 276 g/mol. The summed E-state index contributed by atoms with van der Waals surface area (Å²) in [5, 5.41) is 0. The summed E-state index contributed by atoms with van der Waals surface area (Å²) in [6.07, 6.45) is 10.9. The number of hydrogen-bond donors (Lipinski definition) is 0. The third-order valence-electron chi connectivity index (χ3n) is 4.79. The van der Waals surface area contributed by atoms with Crippen LogP contribution in [-0.2, 0) is 6.42 Å². The van der Waals surface area contributed by atoms with Crippen LogP contribution in [0.15, 0.2) is 42.5 Å². The van der Waals surface area contributed by atoms with E-state index in [4.69, 9.17) is 0 Å². The predicted octanol–water partition coefficient (Wildman–Crippen LogP) is 7.26. The molecule has 0 bridgehead atoms. The fourth-order valence-corrected chi connectivity index (χ4v) is 3.39. The van der Waals surface area contributed by atoms with Crippen molar-refractivity contribution in [3.8, 4) is 11.1 Å². The maximum absolute atomic E-state index is 2.32. The monoisotopic (exact) mass is 308 g/mol. The molecule has 0 aliphatic carbocycles. The van der Waals surface area contributed by atoms with Crippen molar-refractivity contribution in [2.45, 2.75) is 72.1 Å². The number of benzene rings is 2. The molecule has 0 aromatic heterocycles. The molecule has 0 fully saturated rings. The van der Waals surface area contributed by atoms with E-state index in [9.17, 15) is 0 Å². The van der Waals surface area contributed by atoms with Crippen molar-refractivity contribution in [3.05, 3.63) is 59.2 Å². The minimum atomic E-state index is 1.22. The Balaban J connectivity index is 1.83. The van der Waals surface area contributed by atoms with Crippen LogP contribution in [0.2, 0.25) is 0 Å². The van der Waals surface area contributed by atoms with Gasteiger partial charge in [0.15, 0.2) is 0 Å². The average molecular weight is 309 g/mol. The van der Waals surface area contributed by atoms with Gasteiger partial charge in [0, 0.05) is 0 Å². The van der Waals surface area contributed by atoms with E-state index in [0.717, 1.165) is 0 Å². The number of hydrogen-bond acceptors (Lipinski definition) is 0. The first kappa shape index (κ1) is 17.8. The molecule has 0 atom stereocenters. The van der Waals surface area contributed by atoms with E-state index in [0.29, 0.717) is 0 Å². The third-order valence-corrected chi connectivity index (χ3v) is 4.79. The van der Waals surface area contributed by atoms with Crippen molar-refractivity contribution in [2.75, 3.05) is 0 Å². The Morgan fingerprint density at radius 3 is 1.83 bits per heavy atom. The molecule has 0 heterocycles. The molecule has 0 amide bonds. The van der Waals surface area contributed by atoms with Crippen LogP contribution in [0, 0.1) is 13.8 Å². The standard InChI is InChI=1S/C23H32/c1-4-5-6-7-8-9-10-14-21-15-17-22(18-16-21)23-19(2)12-11-13-20(23)3/h11-13,15-18H,4-10,14H2,1-3H3. The minimum absolute atomic E-state index is 1.22. The molecule has 0 spiro atoms. The van der Waals surface area contributed by atoms with Crippen molar-refractivity contribution in [1.29, 1.82) is 0 Å². The summed E-state index contributed by atoms with van der Waals surface area (Å²) >= 11 is 0. The van der Waals surface area contributed by atoms with E-state index in [1.165, 1.54) is 79.2 Å². The van der Waals surface area contributed by atoms with Crippen molar-refractivity contribution >= 4 is 0 Å². The second kappa shape index (κ2) is 9.55. The van der Waals surface area contributed by atoms with Crippen LogP contribution in [0.25, 0.3) is 11.1 Å². The molecule has 2 rings (SSSR count). The average Bonchev–Trinajstić information content (AvgIpc) is 2.55. The minimum Gasteiger partial charge on any atom is -0.0654 e. The molecule has 0 radical (unpaired) electrons. The molecule has 0 heteroatoms. The molecule has 0 nitrogen and oxygen atoms in total. The molecular formula is C23H32. The fourth-order valence-electron chi connectivity index (χ4n) is 3.39. The molecule has 0 N–H and O–H groups in total. The quantitative estimate of drug-likeness (QED) is 0.427. The molecule has 2 aromatic carbocycles. The van der Waals surface area contributed by atoms with Crippen LogP contribution < -0.4 is 0 Å². The van der Waals surface area contributed by atoms with E-state index in [1.807, 2.05) is 0 Å². The van der Waals surface area contributed by atoms with Crippen molar-refractivity contribution in [1.82, 2.24) is 0 Å². The first-order valence-corrected chi connectivity index (χ1v) is 9.38. The fraction of sp³-hybridized carbons (Fsp3) is 0.478. The molecule has 124 valence electrons. The van der Waals surface area contributed by atoms with Gasteiger partial charge in [0.1, 0.15) is 0 Å². The van der Waals surface area contributed by atoms with Crippen LogP contribution in [-0.4, -0.2) is 0 Å². The van der Waals surface area contributed by atoms with Gasteiger partial charge in [-0.15, -0.1) is 0 Å². The smallest absolute Gasteiger partial charge is 0.0125 e. The van der Waals surface area contributed by atoms with Crippen molar-refractivity contribution in [3.63, 3.8) is 0 Å². The van der Waals surface area contributed by atoms with Gasteiger partial charge in [-0.3, -0.25) is 0 Å². The summed E-state index contributed by atoms with van der Waals surface area (Å²) in [5.41, 5.74) is 6.96. The Kier molecular flexibility index (Phi) is 7.39. The number of rotatable bonds is 9. The lowest BCUT2D eigenvalue weighted by atomic mass is 9.94. The zero-order chi connectivity index (χ0) is 16.5. The summed E-state index contributed by atoms with van der Waals surface area (Å²) in [4.78, 5) is 0. The maximum Gasteiger partial charge on any atom is -0.0125 e. The lowest BCUT2D eigenvalue weighted by molar-refractivity contribution is 0.589. The van der Waals surface area contributed by atoms with Gasteiger partial charge in [0.25, 0.3) is 0 Å². The maximum atomic E-state index is 2.32. The predicted molar refractivity (Wildman–Crippen MR) is 103 cm³/mol. The van der Waals surface area contributed by atoms with Crippen molar-refractivity contribution < 1.29 is 0 Å². The van der Waals surface area contributed by atoms with Crippen LogP contribution in [0.5, 0.6) is 0 Å². The zero-order valence-electron chi connectivity index (χ0n) is 15.2. The van der Waals surface area contributed by atoms with Crippen LogP contribution in [0.3, 0.4) is 0 Å². The van der Waals surface area contributed by atoms with Crippen LogP contribution in [0.4, 0.5) is 0 Å². The van der Waals surface area contributed by atoms with Gasteiger partial charge in [-0.05, 0) is 54.5 Å². The summed E-state index contributed by atoms with van der Waals surface area (Å²) < 4.78 is 0.